The zero-order valence-corrected chi connectivity index (χ0v) is 12.2. The van der Waals surface area contributed by atoms with E-state index in [2.05, 4.69) is 9.97 Å². The van der Waals surface area contributed by atoms with Crippen molar-refractivity contribution in [1.29, 1.82) is 0 Å². The van der Waals surface area contributed by atoms with Gasteiger partial charge in [-0.25, -0.2) is 9.37 Å². The number of H-pyrrole nitrogens is 1. The summed E-state index contributed by atoms with van der Waals surface area (Å²) >= 11 is 1.32. The van der Waals surface area contributed by atoms with Crippen LogP contribution in [0.3, 0.4) is 0 Å². The molecule has 0 aliphatic rings. The second-order valence-electron chi connectivity index (χ2n) is 4.70. The second kappa shape index (κ2) is 5.69. The van der Waals surface area contributed by atoms with Crippen molar-refractivity contribution in [2.24, 2.45) is 0 Å². The molecule has 0 spiro atoms. The Morgan fingerprint density at radius 3 is 2.81 bits per heavy atom. The monoisotopic (exact) mass is 300 g/mol. The van der Waals surface area contributed by atoms with E-state index in [9.17, 15) is 9.18 Å². The highest BCUT2D eigenvalue weighted by Crippen LogP contribution is 2.24. The van der Waals surface area contributed by atoms with Gasteiger partial charge in [-0.1, -0.05) is 24.3 Å². The fourth-order valence-electron chi connectivity index (χ4n) is 2.13. The van der Waals surface area contributed by atoms with Gasteiger partial charge in [0.05, 0.1) is 16.7 Å². The largest absolute Gasteiger partial charge is 0.309 e. The molecule has 2 aromatic carbocycles. The molecule has 0 amide bonds. The van der Waals surface area contributed by atoms with Gasteiger partial charge in [0.25, 0.3) is 5.56 Å². The third-order valence-electron chi connectivity index (χ3n) is 3.19. The van der Waals surface area contributed by atoms with E-state index in [0.717, 1.165) is 5.56 Å². The van der Waals surface area contributed by atoms with Crippen LogP contribution in [0.5, 0.6) is 0 Å². The van der Waals surface area contributed by atoms with Crippen LogP contribution in [0.25, 0.3) is 10.9 Å². The number of halogens is 1. The van der Waals surface area contributed by atoms with E-state index in [0.29, 0.717) is 27.4 Å². The fourth-order valence-corrected chi connectivity index (χ4v) is 2.94. The van der Waals surface area contributed by atoms with Crippen molar-refractivity contribution >= 4 is 22.7 Å². The van der Waals surface area contributed by atoms with Crippen LogP contribution < -0.4 is 5.56 Å². The Hall–Kier alpha value is -2.14. The maximum Gasteiger partial charge on any atom is 0.258 e. The van der Waals surface area contributed by atoms with Crippen molar-refractivity contribution in [1.82, 2.24) is 9.97 Å². The highest BCUT2D eigenvalue weighted by atomic mass is 32.2. The van der Waals surface area contributed by atoms with Gasteiger partial charge in [0.15, 0.2) is 0 Å². The molecule has 3 aromatic rings. The Morgan fingerprint density at radius 2 is 2.00 bits per heavy atom. The number of aromatic nitrogens is 2. The van der Waals surface area contributed by atoms with Gasteiger partial charge in [-0.05, 0) is 30.7 Å². The predicted molar refractivity (Wildman–Crippen MR) is 83.1 cm³/mol. The first-order chi connectivity index (χ1) is 10.1. The summed E-state index contributed by atoms with van der Waals surface area (Å²) in [4.78, 5) is 19.8. The van der Waals surface area contributed by atoms with Crippen molar-refractivity contribution in [2.45, 2.75) is 17.6 Å². The molecule has 21 heavy (non-hydrogen) atoms. The number of thioether (sulfide) groups is 1. The van der Waals surface area contributed by atoms with E-state index in [1.165, 1.54) is 17.8 Å². The lowest BCUT2D eigenvalue weighted by atomic mass is 10.1. The summed E-state index contributed by atoms with van der Waals surface area (Å²) in [5.74, 6) is 0.706. The van der Waals surface area contributed by atoms with Crippen LogP contribution in [0, 0.1) is 12.7 Å². The SMILES string of the molecule is Cc1cccc2c(=O)[nH]c(CSc3ccccc3F)nc12. The Labute approximate surface area is 125 Å². The molecular weight excluding hydrogens is 287 g/mol. The minimum Gasteiger partial charge on any atom is -0.309 e. The van der Waals surface area contributed by atoms with E-state index in [1.54, 1.807) is 24.3 Å². The van der Waals surface area contributed by atoms with E-state index < -0.39 is 0 Å². The van der Waals surface area contributed by atoms with Gasteiger partial charge in [-0.2, -0.15) is 0 Å². The Morgan fingerprint density at radius 1 is 1.19 bits per heavy atom. The summed E-state index contributed by atoms with van der Waals surface area (Å²) in [6.45, 7) is 1.92. The number of rotatable bonds is 3. The first-order valence-electron chi connectivity index (χ1n) is 6.51. The van der Waals surface area contributed by atoms with Crippen LogP contribution in [0.15, 0.2) is 52.2 Å². The summed E-state index contributed by atoms with van der Waals surface area (Å²) in [5, 5.41) is 0.578. The zero-order valence-electron chi connectivity index (χ0n) is 11.4. The minimum absolute atomic E-state index is 0.159. The molecule has 3 rings (SSSR count). The van der Waals surface area contributed by atoms with E-state index >= 15 is 0 Å². The van der Waals surface area contributed by atoms with Gasteiger partial charge in [0, 0.05) is 4.90 Å². The molecule has 0 unspecified atom stereocenters. The average Bonchev–Trinajstić information content (AvgIpc) is 2.48. The lowest BCUT2D eigenvalue weighted by Crippen LogP contribution is -2.11. The number of aryl methyl sites for hydroxylation is 1. The molecule has 0 aliphatic heterocycles. The molecular formula is C16H13FN2OS. The molecule has 106 valence electrons. The maximum absolute atomic E-state index is 13.6. The van der Waals surface area contributed by atoms with Crippen molar-refractivity contribution < 1.29 is 4.39 Å². The molecule has 0 bridgehead atoms. The van der Waals surface area contributed by atoms with E-state index in [-0.39, 0.29) is 11.4 Å². The predicted octanol–water partition coefficient (Wildman–Crippen LogP) is 3.66. The molecule has 0 fully saturated rings. The minimum atomic E-state index is -0.262. The van der Waals surface area contributed by atoms with Crippen LogP contribution in [-0.4, -0.2) is 9.97 Å². The first kappa shape index (κ1) is 13.8. The molecule has 0 atom stereocenters. The number of fused-ring (bicyclic) bond motifs is 1. The van der Waals surface area contributed by atoms with Crippen LogP contribution >= 0.6 is 11.8 Å². The summed E-state index contributed by atoms with van der Waals surface area (Å²) in [5.41, 5.74) is 1.49. The third kappa shape index (κ3) is 2.83. The van der Waals surface area contributed by atoms with Crippen LogP contribution in [0.4, 0.5) is 4.39 Å². The normalized spacial score (nSPS) is 11.0. The first-order valence-corrected chi connectivity index (χ1v) is 7.49. The summed E-state index contributed by atoms with van der Waals surface area (Å²) < 4.78 is 13.6. The number of nitrogens with zero attached hydrogens (tertiary/aromatic N) is 1. The third-order valence-corrected chi connectivity index (χ3v) is 4.25. The van der Waals surface area contributed by atoms with Gasteiger partial charge in [-0.3, -0.25) is 4.79 Å². The number of nitrogens with one attached hydrogen (secondary N) is 1. The standard InChI is InChI=1S/C16H13FN2OS/c1-10-5-4-6-11-15(10)18-14(19-16(11)20)9-21-13-8-3-2-7-12(13)17/h2-8H,9H2,1H3,(H,18,19,20). The Kier molecular flexibility index (Phi) is 3.75. The molecule has 0 aliphatic carbocycles. The van der Waals surface area contributed by atoms with Crippen LogP contribution in [0.1, 0.15) is 11.4 Å². The summed E-state index contributed by atoms with van der Waals surface area (Å²) in [6.07, 6.45) is 0. The maximum atomic E-state index is 13.6. The fraction of sp³-hybridized carbons (Fsp3) is 0.125. The average molecular weight is 300 g/mol. The lowest BCUT2D eigenvalue weighted by molar-refractivity contribution is 0.602. The van der Waals surface area contributed by atoms with Crippen molar-refractivity contribution in [3.63, 3.8) is 0 Å². The molecule has 5 heteroatoms. The highest BCUT2D eigenvalue weighted by Gasteiger charge is 2.07. The van der Waals surface area contributed by atoms with Gasteiger partial charge in [0.1, 0.15) is 11.6 Å². The molecule has 1 N–H and O–H groups in total. The van der Waals surface area contributed by atoms with Gasteiger partial charge in [0.2, 0.25) is 0 Å². The molecule has 1 heterocycles. The smallest absolute Gasteiger partial charge is 0.258 e. The summed E-state index contributed by atoms with van der Waals surface area (Å²) in [7, 11) is 0. The molecule has 0 saturated heterocycles. The molecule has 3 nitrogen and oxygen atoms in total. The Bertz CT molecular complexity index is 860. The molecule has 0 saturated carbocycles. The van der Waals surface area contributed by atoms with Crippen molar-refractivity contribution in [3.8, 4) is 0 Å². The van der Waals surface area contributed by atoms with Crippen LogP contribution in [-0.2, 0) is 5.75 Å². The lowest BCUT2D eigenvalue weighted by Gasteiger charge is -2.05. The second-order valence-corrected chi connectivity index (χ2v) is 5.72. The molecule has 1 aromatic heterocycles. The number of para-hydroxylation sites is 1. The van der Waals surface area contributed by atoms with Crippen molar-refractivity contribution in [2.75, 3.05) is 0 Å². The number of hydrogen-bond acceptors (Lipinski definition) is 3. The molecule has 0 radical (unpaired) electrons. The van der Waals surface area contributed by atoms with Gasteiger partial charge < -0.3 is 4.98 Å². The van der Waals surface area contributed by atoms with Crippen LogP contribution in [0.2, 0.25) is 0 Å². The van der Waals surface area contributed by atoms with E-state index in [1.807, 2.05) is 19.1 Å². The van der Waals surface area contributed by atoms with Gasteiger partial charge >= 0.3 is 0 Å². The Balaban J connectivity index is 1.93. The number of aromatic amines is 1. The summed E-state index contributed by atoms with van der Waals surface area (Å²) in [6, 6.07) is 12.1. The topological polar surface area (TPSA) is 45.8 Å². The zero-order chi connectivity index (χ0) is 14.8. The van der Waals surface area contributed by atoms with E-state index in [4.69, 9.17) is 0 Å². The highest BCUT2D eigenvalue weighted by molar-refractivity contribution is 7.98. The number of benzene rings is 2. The van der Waals surface area contributed by atoms with Crippen molar-refractivity contribution in [3.05, 3.63) is 70.0 Å². The van der Waals surface area contributed by atoms with Gasteiger partial charge in [-0.15, -0.1) is 11.8 Å². The quantitative estimate of drug-likeness (QED) is 0.751. The number of hydrogen-bond donors (Lipinski definition) is 1.